The topological polar surface area (TPSA) is 39.7 Å². The highest BCUT2D eigenvalue weighted by atomic mass is 127. The van der Waals surface area contributed by atoms with Crippen LogP contribution in [0.1, 0.15) is 38.3 Å². The summed E-state index contributed by atoms with van der Waals surface area (Å²) in [5, 5.41) is 6.87. The quantitative estimate of drug-likeness (QED) is 0.397. The third-order valence-electron chi connectivity index (χ3n) is 4.41. The Labute approximate surface area is 158 Å². The molecule has 0 bridgehead atoms. The Kier molecular flexibility index (Phi) is 8.91. The molecule has 23 heavy (non-hydrogen) atoms. The molecule has 0 amide bonds. The maximum Gasteiger partial charge on any atom is 0.191 e. The van der Waals surface area contributed by atoms with Crippen LogP contribution in [0.5, 0.6) is 0 Å². The largest absolute Gasteiger partial charge is 0.353 e. The molecule has 1 aromatic carbocycles. The van der Waals surface area contributed by atoms with Crippen molar-refractivity contribution < 1.29 is 0 Å². The molecule has 2 N–H and O–H groups in total. The van der Waals surface area contributed by atoms with E-state index < -0.39 is 0 Å². The first-order valence-electron chi connectivity index (χ1n) is 8.43. The molecule has 1 aromatic rings. The molecule has 0 aromatic heterocycles. The second kappa shape index (κ2) is 10.1. The van der Waals surface area contributed by atoms with Gasteiger partial charge in [-0.1, -0.05) is 45.0 Å². The Morgan fingerprint density at radius 1 is 1.26 bits per heavy atom. The third-order valence-corrected chi connectivity index (χ3v) is 4.41. The molecule has 1 aliphatic rings. The van der Waals surface area contributed by atoms with Gasteiger partial charge in [-0.05, 0) is 36.6 Å². The summed E-state index contributed by atoms with van der Waals surface area (Å²) in [5.74, 6) is 1.68. The van der Waals surface area contributed by atoms with Gasteiger partial charge in [0.15, 0.2) is 5.96 Å². The van der Waals surface area contributed by atoms with Crippen LogP contribution in [-0.4, -0.2) is 37.0 Å². The molecule has 2 rings (SSSR count). The number of halogens is 1. The summed E-state index contributed by atoms with van der Waals surface area (Å²) in [7, 11) is 1.83. The van der Waals surface area contributed by atoms with Gasteiger partial charge < -0.3 is 10.6 Å². The summed E-state index contributed by atoms with van der Waals surface area (Å²) in [6.45, 7) is 10.7. The minimum absolute atomic E-state index is 0. The van der Waals surface area contributed by atoms with E-state index in [4.69, 9.17) is 0 Å². The first-order chi connectivity index (χ1) is 10.7. The smallest absolute Gasteiger partial charge is 0.191 e. The minimum Gasteiger partial charge on any atom is -0.353 e. The van der Waals surface area contributed by atoms with Crippen molar-refractivity contribution in [2.75, 3.05) is 20.1 Å². The van der Waals surface area contributed by atoms with Crippen molar-refractivity contribution in [1.29, 1.82) is 0 Å². The number of guanidine groups is 1. The van der Waals surface area contributed by atoms with Crippen LogP contribution in [0, 0.1) is 5.92 Å². The molecule has 2 atom stereocenters. The first-order valence-corrected chi connectivity index (χ1v) is 8.43. The van der Waals surface area contributed by atoms with Crippen molar-refractivity contribution in [3.8, 4) is 0 Å². The summed E-state index contributed by atoms with van der Waals surface area (Å²) in [6, 6.07) is 9.42. The van der Waals surface area contributed by atoms with Crippen LogP contribution >= 0.6 is 24.0 Å². The number of rotatable bonds is 7. The van der Waals surface area contributed by atoms with Crippen molar-refractivity contribution in [2.24, 2.45) is 10.9 Å². The van der Waals surface area contributed by atoms with Crippen molar-refractivity contribution in [3.63, 3.8) is 0 Å². The summed E-state index contributed by atoms with van der Waals surface area (Å²) >= 11 is 0. The Bertz CT molecular complexity index is 500. The van der Waals surface area contributed by atoms with Gasteiger partial charge in [0.2, 0.25) is 0 Å². The van der Waals surface area contributed by atoms with Crippen LogP contribution < -0.4 is 10.6 Å². The van der Waals surface area contributed by atoms with Crippen LogP contribution in [0.25, 0.3) is 0 Å². The Morgan fingerprint density at radius 2 is 1.91 bits per heavy atom. The molecule has 4 nitrogen and oxygen atoms in total. The van der Waals surface area contributed by atoms with Gasteiger partial charge in [0.1, 0.15) is 0 Å². The minimum atomic E-state index is 0. The monoisotopic (exact) mass is 430 g/mol. The van der Waals surface area contributed by atoms with Gasteiger partial charge >= 0.3 is 0 Å². The molecule has 1 saturated carbocycles. The number of hydrogen-bond donors (Lipinski definition) is 2. The Morgan fingerprint density at radius 3 is 2.48 bits per heavy atom. The lowest BCUT2D eigenvalue weighted by Crippen LogP contribution is -2.38. The highest BCUT2D eigenvalue weighted by Gasteiger charge is 2.33. The molecular weight excluding hydrogens is 399 g/mol. The van der Waals surface area contributed by atoms with Gasteiger partial charge in [-0.3, -0.25) is 9.89 Å². The van der Waals surface area contributed by atoms with E-state index in [9.17, 15) is 0 Å². The lowest BCUT2D eigenvalue weighted by molar-refractivity contribution is 0.296. The van der Waals surface area contributed by atoms with Crippen molar-refractivity contribution in [1.82, 2.24) is 15.5 Å². The Hall–Kier alpha value is -0.820. The zero-order valence-corrected chi connectivity index (χ0v) is 17.1. The first kappa shape index (κ1) is 20.2. The van der Waals surface area contributed by atoms with E-state index in [1.165, 1.54) is 17.5 Å². The summed E-state index contributed by atoms with van der Waals surface area (Å²) in [6.07, 6.45) is 1.25. The van der Waals surface area contributed by atoms with Gasteiger partial charge in [0.05, 0.1) is 0 Å². The van der Waals surface area contributed by atoms with Gasteiger partial charge in [-0.25, -0.2) is 0 Å². The maximum absolute atomic E-state index is 4.30. The highest BCUT2D eigenvalue weighted by Crippen LogP contribution is 2.28. The van der Waals surface area contributed by atoms with Crippen LogP contribution in [0.4, 0.5) is 0 Å². The molecule has 1 aliphatic carbocycles. The number of benzene rings is 1. The predicted molar refractivity (Wildman–Crippen MR) is 109 cm³/mol. The lowest BCUT2D eigenvalue weighted by Gasteiger charge is -2.18. The van der Waals surface area contributed by atoms with E-state index in [2.05, 4.69) is 65.6 Å². The van der Waals surface area contributed by atoms with Crippen LogP contribution in [0.2, 0.25) is 0 Å². The molecule has 0 heterocycles. The number of nitrogens with zero attached hydrogens (tertiary/aromatic N) is 2. The molecular formula is C18H31IN4. The lowest BCUT2D eigenvalue weighted by atomic mass is 10.1. The maximum atomic E-state index is 4.30. The molecule has 5 heteroatoms. The van der Waals surface area contributed by atoms with E-state index in [1.54, 1.807) is 0 Å². The zero-order valence-electron chi connectivity index (χ0n) is 14.8. The molecule has 0 aliphatic heterocycles. The van der Waals surface area contributed by atoms with E-state index in [1.807, 2.05) is 7.05 Å². The van der Waals surface area contributed by atoms with Gasteiger partial charge in [-0.2, -0.15) is 0 Å². The van der Waals surface area contributed by atoms with Crippen LogP contribution in [0.3, 0.4) is 0 Å². The molecule has 130 valence electrons. The number of hydrogen-bond acceptors (Lipinski definition) is 2. The van der Waals surface area contributed by atoms with Gasteiger partial charge in [0, 0.05) is 26.2 Å². The fourth-order valence-electron chi connectivity index (χ4n) is 2.62. The summed E-state index contributed by atoms with van der Waals surface area (Å²) < 4.78 is 0. The van der Waals surface area contributed by atoms with E-state index in [-0.39, 0.29) is 24.0 Å². The third kappa shape index (κ3) is 6.67. The summed E-state index contributed by atoms with van der Waals surface area (Å²) in [4.78, 5) is 6.73. The van der Waals surface area contributed by atoms with Gasteiger partial charge in [-0.15, -0.1) is 24.0 Å². The normalized spacial score (nSPS) is 20.1. The molecule has 0 spiro atoms. The number of aliphatic imine (C=N–C) groups is 1. The van der Waals surface area contributed by atoms with Crippen LogP contribution in [-0.2, 0) is 13.1 Å². The Balaban J connectivity index is 0.00000264. The van der Waals surface area contributed by atoms with Crippen LogP contribution in [0.15, 0.2) is 29.3 Å². The molecule has 2 unspecified atom stereocenters. The van der Waals surface area contributed by atoms with E-state index >= 15 is 0 Å². The summed E-state index contributed by atoms with van der Waals surface area (Å²) in [5.41, 5.74) is 2.68. The van der Waals surface area contributed by atoms with E-state index in [0.717, 1.165) is 38.1 Å². The fourth-order valence-corrected chi connectivity index (χ4v) is 2.62. The van der Waals surface area contributed by atoms with Crippen molar-refractivity contribution >= 4 is 29.9 Å². The highest BCUT2D eigenvalue weighted by molar-refractivity contribution is 14.0. The predicted octanol–water partition coefficient (Wildman–Crippen LogP) is 3.22. The SMILES string of the molecule is CCN(CC)Cc1cccc(CNC(=NC)NC2CC2C)c1.I. The average molecular weight is 430 g/mol. The average Bonchev–Trinajstić information content (AvgIpc) is 3.24. The zero-order chi connectivity index (χ0) is 15.9. The molecule has 0 radical (unpaired) electrons. The second-order valence-corrected chi connectivity index (χ2v) is 6.17. The van der Waals surface area contributed by atoms with E-state index in [0.29, 0.717) is 6.04 Å². The standard InChI is InChI=1S/C18H30N4.HI/c1-5-22(6-2)13-16-9-7-8-15(11-16)12-20-18(19-4)21-17-10-14(17)3;/h7-9,11,14,17H,5-6,10,12-13H2,1-4H3,(H2,19,20,21);1H. The molecule has 1 fully saturated rings. The molecule has 0 saturated heterocycles. The number of nitrogens with one attached hydrogen (secondary N) is 2. The fraction of sp³-hybridized carbons (Fsp3) is 0.611. The van der Waals surface area contributed by atoms with Gasteiger partial charge in [0.25, 0.3) is 0 Å². The second-order valence-electron chi connectivity index (χ2n) is 6.17. The van der Waals surface area contributed by atoms with Crippen molar-refractivity contribution in [3.05, 3.63) is 35.4 Å². The van der Waals surface area contributed by atoms with Crippen molar-refractivity contribution in [2.45, 2.75) is 46.3 Å².